The molecule has 0 bridgehead atoms. The van der Waals surface area contributed by atoms with Crippen LogP contribution in [0.15, 0.2) is 0 Å². The molecule has 0 fully saturated rings. The molecule has 0 amide bonds. The molecule has 0 saturated carbocycles. The Balaban J connectivity index is 3.58. The van der Waals surface area contributed by atoms with Crippen molar-refractivity contribution in [2.24, 2.45) is 0 Å². The van der Waals surface area contributed by atoms with Crippen LogP contribution in [0.4, 0.5) is 4.39 Å². The molecule has 0 aliphatic rings. The summed E-state index contributed by atoms with van der Waals surface area (Å²) in [5.41, 5.74) is -1.76. The average molecular weight is 122 g/mol. The summed E-state index contributed by atoms with van der Waals surface area (Å²) in [5.74, 6) is 0. The van der Waals surface area contributed by atoms with E-state index >= 15 is 0 Å². The van der Waals surface area contributed by atoms with Crippen molar-refractivity contribution in [3.8, 4) is 0 Å². The van der Waals surface area contributed by atoms with Crippen LogP contribution in [0.25, 0.3) is 0 Å². The normalized spacial score (nSPS) is 12.0. The van der Waals surface area contributed by atoms with Crippen molar-refractivity contribution in [1.82, 2.24) is 0 Å². The Morgan fingerprint density at radius 2 is 1.75 bits per heavy atom. The number of halogens is 1. The minimum Gasteiger partial charge on any atom is -0.393 e. The Hall–Kier alpha value is -0.150. The maximum absolute atomic E-state index is 12.5. The maximum atomic E-state index is 12.5. The van der Waals surface area contributed by atoms with Crippen LogP contribution in [0.2, 0.25) is 0 Å². The summed E-state index contributed by atoms with van der Waals surface area (Å²) in [6.45, 7) is 0.381. The number of alkyl halides is 1. The molecular weight excluding hydrogens is 111 g/mol. The molecule has 0 aromatic rings. The highest BCUT2D eigenvalue weighted by Gasteiger charge is 2.24. The van der Waals surface area contributed by atoms with Gasteiger partial charge in [-0.1, -0.05) is 6.92 Å². The van der Waals surface area contributed by atoms with Gasteiger partial charge in [0.1, 0.15) is 0 Å². The molecule has 0 unspecified atom stereocenters. The molecule has 0 radical (unpaired) electrons. The summed E-state index contributed by atoms with van der Waals surface area (Å²) in [7, 11) is 0. The van der Waals surface area contributed by atoms with Gasteiger partial charge in [-0.25, -0.2) is 4.39 Å². The first-order valence-electron chi connectivity index (χ1n) is 2.59. The topological polar surface area (TPSA) is 40.5 Å². The first-order chi connectivity index (χ1) is 3.68. The zero-order valence-electron chi connectivity index (χ0n) is 4.89. The summed E-state index contributed by atoms with van der Waals surface area (Å²) >= 11 is 0. The van der Waals surface area contributed by atoms with Gasteiger partial charge in [-0.2, -0.15) is 0 Å². The second-order valence-electron chi connectivity index (χ2n) is 1.82. The molecule has 50 valence electrons. The van der Waals surface area contributed by atoms with Crippen LogP contribution in [-0.2, 0) is 0 Å². The van der Waals surface area contributed by atoms with Crippen molar-refractivity contribution >= 4 is 0 Å². The van der Waals surface area contributed by atoms with Crippen LogP contribution in [0.5, 0.6) is 0 Å². The molecule has 0 atom stereocenters. The van der Waals surface area contributed by atoms with E-state index in [1.54, 1.807) is 6.92 Å². The van der Waals surface area contributed by atoms with Crippen molar-refractivity contribution in [1.29, 1.82) is 0 Å². The van der Waals surface area contributed by atoms with Gasteiger partial charge in [0.15, 0.2) is 5.67 Å². The Morgan fingerprint density at radius 1 is 1.38 bits per heavy atom. The van der Waals surface area contributed by atoms with Gasteiger partial charge < -0.3 is 10.2 Å². The van der Waals surface area contributed by atoms with Crippen LogP contribution in [-0.4, -0.2) is 29.1 Å². The average Bonchev–Trinajstić information content (AvgIpc) is 1.87. The van der Waals surface area contributed by atoms with E-state index in [1.807, 2.05) is 0 Å². The SMILES string of the molecule is CCC(F)(CO)CO. The Morgan fingerprint density at radius 3 is 1.75 bits per heavy atom. The number of hydrogen-bond acceptors (Lipinski definition) is 2. The van der Waals surface area contributed by atoms with Crippen molar-refractivity contribution in [2.45, 2.75) is 19.0 Å². The molecule has 0 heterocycles. The molecule has 0 aromatic carbocycles. The Kier molecular flexibility index (Phi) is 2.94. The molecule has 0 aliphatic heterocycles. The second kappa shape index (κ2) is 2.99. The fourth-order valence-electron chi connectivity index (χ4n) is 0.274. The number of rotatable bonds is 3. The van der Waals surface area contributed by atoms with Crippen LogP contribution in [0.1, 0.15) is 13.3 Å². The van der Waals surface area contributed by atoms with Crippen LogP contribution in [0.3, 0.4) is 0 Å². The van der Waals surface area contributed by atoms with E-state index in [4.69, 9.17) is 10.2 Å². The zero-order valence-corrected chi connectivity index (χ0v) is 4.89. The summed E-state index contributed by atoms with van der Waals surface area (Å²) < 4.78 is 12.5. The molecule has 2 N–H and O–H groups in total. The molecule has 0 rings (SSSR count). The fourth-order valence-corrected chi connectivity index (χ4v) is 0.274. The summed E-state index contributed by atoms with van der Waals surface area (Å²) in [6.07, 6.45) is 0.153. The van der Waals surface area contributed by atoms with Gasteiger partial charge in [0.25, 0.3) is 0 Å². The highest BCUT2D eigenvalue weighted by Crippen LogP contribution is 2.12. The predicted molar refractivity (Wildman–Crippen MR) is 28.3 cm³/mol. The summed E-state index contributed by atoms with van der Waals surface area (Å²) in [4.78, 5) is 0. The van der Waals surface area contributed by atoms with Gasteiger partial charge in [-0.15, -0.1) is 0 Å². The van der Waals surface area contributed by atoms with Crippen molar-refractivity contribution < 1.29 is 14.6 Å². The van der Waals surface area contributed by atoms with E-state index < -0.39 is 18.9 Å². The molecule has 2 nitrogen and oxygen atoms in total. The highest BCUT2D eigenvalue weighted by atomic mass is 19.1. The van der Waals surface area contributed by atoms with Crippen molar-refractivity contribution in [3.63, 3.8) is 0 Å². The minimum absolute atomic E-state index is 0.153. The quantitative estimate of drug-likeness (QED) is 0.557. The first kappa shape index (κ1) is 7.85. The van der Waals surface area contributed by atoms with Gasteiger partial charge in [-0.3, -0.25) is 0 Å². The minimum atomic E-state index is -1.76. The monoisotopic (exact) mass is 122 g/mol. The lowest BCUT2D eigenvalue weighted by atomic mass is 10.1. The van der Waals surface area contributed by atoms with E-state index in [0.29, 0.717) is 0 Å². The van der Waals surface area contributed by atoms with Gasteiger partial charge >= 0.3 is 0 Å². The number of hydrogen-bond donors (Lipinski definition) is 2. The van der Waals surface area contributed by atoms with Gasteiger partial charge in [0.05, 0.1) is 13.2 Å². The third-order valence-electron chi connectivity index (χ3n) is 1.20. The van der Waals surface area contributed by atoms with Crippen molar-refractivity contribution in [2.75, 3.05) is 13.2 Å². The van der Waals surface area contributed by atoms with Gasteiger partial charge in [-0.05, 0) is 6.42 Å². The van der Waals surface area contributed by atoms with E-state index in [9.17, 15) is 4.39 Å². The molecule has 0 aromatic heterocycles. The molecule has 0 spiro atoms. The molecule has 8 heavy (non-hydrogen) atoms. The van der Waals surface area contributed by atoms with E-state index in [2.05, 4.69) is 0 Å². The Bertz CT molecular complexity index is 53.2. The molecule has 0 aliphatic carbocycles. The largest absolute Gasteiger partial charge is 0.393 e. The van der Waals surface area contributed by atoms with Crippen LogP contribution in [0, 0.1) is 0 Å². The van der Waals surface area contributed by atoms with E-state index in [0.717, 1.165) is 0 Å². The highest BCUT2D eigenvalue weighted by molar-refractivity contribution is 4.73. The van der Waals surface area contributed by atoms with Gasteiger partial charge in [0.2, 0.25) is 0 Å². The van der Waals surface area contributed by atoms with Crippen molar-refractivity contribution in [3.05, 3.63) is 0 Å². The smallest absolute Gasteiger partial charge is 0.156 e. The van der Waals surface area contributed by atoms with E-state index in [-0.39, 0.29) is 6.42 Å². The first-order valence-corrected chi connectivity index (χ1v) is 2.59. The lowest BCUT2D eigenvalue weighted by Crippen LogP contribution is -2.30. The van der Waals surface area contributed by atoms with E-state index in [1.165, 1.54) is 0 Å². The summed E-state index contributed by atoms with van der Waals surface area (Å²) in [6, 6.07) is 0. The summed E-state index contributed by atoms with van der Waals surface area (Å²) in [5, 5.41) is 16.5. The Labute approximate surface area is 48.0 Å². The van der Waals surface area contributed by atoms with Crippen LogP contribution < -0.4 is 0 Å². The van der Waals surface area contributed by atoms with Gasteiger partial charge in [0, 0.05) is 0 Å². The third-order valence-corrected chi connectivity index (χ3v) is 1.20. The zero-order chi connectivity index (χ0) is 6.62. The molecular formula is C5H11FO2. The lowest BCUT2D eigenvalue weighted by Gasteiger charge is -2.16. The number of aliphatic hydroxyl groups excluding tert-OH is 2. The molecule has 0 saturated heterocycles. The maximum Gasteiger partial charge on any atom is 0.156 e. The second-order valence-corrected chi connectivity index (χ2v) is 1.82. The third kappa shape index (κ3) is 1.76. The van der Waals surface area contributed by atoms with Crippen LogP contribution >= 0.6 is 0 Å². The standard InChI is InChI=1S/C5H11FO2/c1-2-5(6,3-7)4-8/h7-8H,2-4H2,1H3. The fraction of sp³-hybridized carbons (Fsp3) is 1.00. The number of aliphatic hydroxyl groups is 2. The predicted octanol–water partition coefficient (Wildman–Crippen LogP) is 0.0893. The molecule has 3 heteroatoms. The lowest BCUT2D eigenvalue weighted by molar-refractivity contribution is 0.0135.